The van der Waals surface area contributed by atoms with Crippen LogP contribution in [0, 0.1) is 5.82 Å². The Labute approximate surface area is 196 Å². The van der Waals surface area contributed by atoms with Gasteiger partial charge in [0.1, 0.15) is 5.82 Å². The van der Waals surface area contributed by atoms with Gasteiger partial charge in [-0.25, -0.2) is 12.8 Å². The fourth-order valence-corrected chi connectivity index (χ4v) is 3.86. The molecule has 3 rings (SSSR count). The fraction of sp³-hybridized carbons (Fsp3) is 0.174. The third-order valence-electron chi connectivity index (χ3n) is 4.60. The summed E-state index contributed by atoms with van der Waals surface area (Å²) in [5.41, 5.74) is 0.386. The number of hydrogen-bond donors (Lipinski definition) is 1. The molecular formula is C23H22ClFN2O5S. The molecule has 0 heterocycles. The number of nitrogens with one attached hydrogen (secondary N) is 1. The summed E-state index contributed by atoms with van der Waals surface area (Å²) in [5, 5.41) is 2.96. The number of halogens is 2. The Balaban J connectivity index is 1.81. The van der Waals surface area contributed by atoms with Gasteiger partial charge in [-0.3, -0.25) is 4.79 Å². The lowest BCUT2D eigenvalue weighted by atomic mass is 10.2. The van der Waals surface area contributed by atoms with Crippen LogP contribution in [-0.4, -0.2) is 38.5 Å². The van der Waals surface area contributed by atoms with Crippen molar-refractivity contribution >= 4 is 33.2 Å². The number of nitrogens with zero attached hydrogens (tertiary/aromatic N) is 1. The van der Waals surface area contributed by atoms with Gasteiger partial charge in [-0.15, -0.1) is 0 Å². The summed E-state index contributed by atoms with van der Waals surface area (Å²) in [6.45, 7) is -0.827. The standard InChI is InChI=1S/C23H22ClFN2O5S/c1-31-21-9-5-6-10-22(21)32-20-12-11-17(24)13-19(20)26-23(28)15-27(33(2,29)30)14-16-7-3-4-8-18(16)25/h3-13H,14-15H2,1-2H3,(H,26,28). The molecule has 0 fully saturated rings. The molecule has 0 aromatic heterocycles. The minimum Gasteiger partial charge on any atom is -0.493 e. The molecule has 1 N–H and O–H groups in total. The van der Waals surface area contributed by atoms with Gasteiger partial charge in [0.05, 0.1) is 25.6 Å². The van der Waals surface area contributed by atoms with Gasteiger partial charge in [-0.2, -0.15) is 4.31 Å². The SMILES string of the molecule is COc1ccccc1Oc1ccc(Cl)cc1NC(=O)CN(Cc1ccccc1F)S(C)(=O)=O. The highest BCUT2D eigenvalue weighted by atomic mass is 35.5. The molecule has 0 saturated heterocycles. The van der Waals surface area contributed by atoms with Crippen LogP contribution in [0.2, 0.25) is 5.02 Å². The lowest BCUT2D eigenvalue weighted by molar-refractivity contribution is -0.116. The molecule has 174 valence electrons. The third kappa shape index (κ3) is 6.67. The maximum Gasteiger partial charge on any atom is 0.239 e. The van der Waals surface area contributed by atoms with Crippen molar-refractivity contribution in [3.05, 3.63) is 83.1 Å². The number of hydrogen-bond acceptors (Lipinski definition) is 5. The summed E-state index contributed by atoms with van der Waals surface area (Å²) in [5.74, 6) is -0.0388. The largest absolute Gasteiger partial charge is 0.493 e. The quantitative estimate of drug-likeness (QED) is 0.469. The summed E-state index contributed by atoms with van der Waals surface area (Å²) in [7, 11) is -2.31. The van der Waals surface area contributed by atoms with Crippen LogP contribution in [0.25, 0.3) is 0 Å². The smallest absolute Gasteiger partial charge is 0.239 e. The summed E-state index contributed by atoms with van der Waals surface area (Å²) >= 11 is 6.09. The highest BCUT2D eigenvalue weighted by Crippen LogP contribution is 2.36. The summed E-state index contributed by atoms with van der Waals surface area (Å²) in [6, 6.07) is 17.4. The fourth-order valence-electron chi connectivity index (χ4n) is 2.97. The second-order valence-corrected chi connectivity index (χ2v) is 9.48. The monoisotopic (exact) mass is 492 g/mol. The van der Waals surface area contributed by atoms with E-state index in [1.54, 1.807) is 42.5 Å². The number of para-hydroxylation sites is 2. The minimum atomic E-state index is -3.81. The molecule has 3 aromatic rings. The number of anilines is 1. The van der Waals surface area contributed by atoms with Gasteiger partial charge in [0.25, 0.3) is 0 Å². The first-order valence-corrected chi connectivity index (χ1v) is 12.0. The second kappa shape index (κ2) is 10.7. The van der Waals surface area contributed by atoms with Gasteiger partial charge in [0.15, 0.2) is 17.2 Å². The van der Waals surface area contributed by atoms with Crippen LogP contribution >= 0.6 is 11.6 Å². The summed E-state index contributed by atoms with van der Waals surface area (Å²) < 4.78 is 50.5. The maximum absolute atomic E-state index is 14.0. The van der Waals surface area contributed by atoms with Crippen LogP contribution in [0.3, 0.4) is 0 Å². The molecule has 0 aliphatic carbocycles. The summed E-state index contributed by atoms with van der Waals surface area (Å²) in [4.78, 5) is 12.7. The number of methoxy groups -OCH3 is 1. The molecule has 0 bridgehead atoms. The number of rotatable bonds is 9. The lowest BCUT2D eigenvalue weighted by Gasteiger charge is -2.20. The Bertz CT molecular complexity index is 1250. The van der Waals surface area contributed by atoms with Gasteiger partial charge in [0, 0.05) is 17.1 Å². The van der Waals surface area contributed by atoms with Gasteiger partial charge < -0.3 is 14.8 Å². The zero-order chi connectivity index (χ0) is 24.0. The Morgan fingerprint density at radius 3 is 2.36 bits per heavy atom. The number of carbonyl (C=O) groups is 1. The first kappa shape index (κ1) is 24.5. The van der Waals surface area contributed by atoms with E-state index in [2.05, 4.69) is 5.32 Å². The van der Waals surface area contributed by atoms with Crippen molar-refractivity contribution in [2.24, 2.45) is 0 Å². The highest BCUT2D eigenvalue weighted by molar-refractivity contribution is 7.88. The van der Waals surface area contributed by atoms with Crippen molar-refractivity contribution in [2.45, 2.75) is 6.54 Å². The van der Waals surface area contributed by atoms with E-state index in [0.717, 1.165) is 10.6 Å². The topological polar surface area (TPSA) is 84.9 Å². The average molecular weight is 493 g/mol. The Hall–Kier alpha value is -3.14. The van der Waals surface area contributed by atoms with Gasteiger partial charge in [-0.05, 0) is 36.4 Å². The molecule has 0 radical (unpaired) electrons. The predicted octanol–water partition coefficient (Wildman–Crippen LogP) is 4.68. The van der Waals surface area contributed by atoms with Crippen molar-refractivity contribution in [1.29, 1.82) is 0 Å². The number of ether oxygens (including phenoxy) is 2. The van der Waals surface area contributed by atoms with Crippen LogP contribution in [-0.2, 0) is 21.4 Å². The molecule has 0 atom stereocenters. The molecule has 0 unspecified atom stereocenters. The van der Waals surface area contributed by atoms with E-state index >= 15 is 0 Å². The Morgan fingerprint density at radius 1 is 1.03 bits per heavy atom. The molecule has 0 aliphatic heterocycles. The first-order chi connectivity index (χ1) is 15.7. The van der Waals surface area contributed by atoms with E-state index in [4.69, 9.17) is 21.1 Å². The predicted molar refractivity (Wildman–Crippen MR) is 125 cm³/mol. The minimum absolute atomic E-state index is 0.152. The zero-order valence-electron chi connectivity index (χ0n) is 17.9. The number of sulfonamides is 1. The van der Waals surface area contributed by atoms with Crippen molar-refractivity contribution in [3.8, 4) is 17.2 Å². The molecule has 1 amide bonds. The van der Waals surface area contributed by atoms with Gasteiger partial charge >= 0.3 is 0 Å². The van der Waals surface area contributed by atoms with Crippen LogP contribution in [0.15, 0.2) is 66.7 Å². The summed E-state index contributed by atoms with van der Waals surface area (Å²) in [6.07, 6.45) is 0.955. The van der Waals surface area contributed by atoms with Gasteiger partial charge in [0.2, 0.25) is 15.9 Å². The van der Waals surface area contributed by atoms with E-state index in [0.29, 0.717) is 16.5 Å². The molecule has 3 aromatic carbocycles. The van der Waals surface area contributed by atoms with E-state index in [-0.39, 0.29) is 23.5 Å². The highest BCUT2D eigenvalue weighted by Gasteiger charge is 2.23. The number of benzene rings is 3. The van der Waals surface area contributed by atoms with Crippen molar-refractivity contribution in [1.82, 2.24) is 4.31 Å². The normalized spacial score (nSPS) is 11.3. The van der Waals surface area contributed by atoms with Crippen molar-refractivity contribution < 1.29 is 27.1 Å². The van der Waals surface area contributed by atoms with E-state index in [1.807, 2.05) is 0 Å². The molecule has 10 heteroatoms. The Kier molecular flexibility index (Phi) is 7.91. The van der Waals surface area contributed by atoms with Crippen molar-refractivity contribution in [2.75, 3.05) is 25.2 Å². The second-order valence-electron chi connectivity index (χ2n) is 7.06. The molecule has 0 spiro atoms. The number of amides is 1. The third-order valence-corrected chi connectivity index (χ3v) is 6.03. The molecule has 0 aliphatic rings. The van der Waals surface area contributed by atoms with E-state index < -0.39 is 28.3 Å². The first-order valence-electron chi connectivity index (χ1n) is 9.76. The van der Waals surface area contributed by atoms with E-state index in [9.17, 15) is 17.6 Å². The van der Waals surface area contributed by atoms with E-state index in [1.165, 1.54) is 31.4 Å². The Morgan fingerprint density at radius 2 is 1.70 bits per heavy atom. The van der Waals surface area contributed by atoms with Crippen LogP contribution in [0.5, 0.6) is 17.2 Å². The molecule has 7 nitrogen and oxygen atoms in total. The zero-order valence-corrected chi connectivity index (χ0v) is 19.5. The van der Waals surface area contributed by atoms with Crippen LogP contribution in [0.1, 0.15) is 5.56 Å². The number of carbonyl (C=O) groups excluding carboxylic acids is 1. The lowest BCUT2D eigenvalue weighted by Crippen LogP contribution is -2.37. The average Bonchev–Trinajstić information content (AvgIpc) is 2.76. The van der Waals surface area contributed by atoms with Crippen LogP contribution < -0.4 is 14.8 Å². The molecule has 33 heavy (non-hydrogen) atoms. The van der Waals surface area contributed by atoms with Crippen LogP contribution in [0.4, 0.5) is 10.1 Å². The molecule has 0 saturated carbocycles. The molecular weight excluding hydrogens is 471 g/mol. The van der Waals surface area contributed by atoms with Crippen molar-refractivity contribution in [3.63, 3.8) is 0 Å². The maximum atomic E-state index is 14.0. The van der Waals surface area contributed by atoms with Gasteiger partial charge in [-0.1, -0.05) is 41.9 Å².